The van der Waals surface area contributed by atoms with Crippen LogP contribution in [-0.4, -0.2) is 85.0 Å². The molecule has 0 rings (SSSR count). The normalized spacial score (nSPS) is 16.2. The molecule has 0 saturated heterocycles. The van der Waals surface area contributed by atoms with Gasteiger partial charge in [-0.2, -0.15) is 78.9 Å². The highest BCUT2D eigenvalue weighted by Gasteiger charge is 2.96. The van der Waals surface area contributed by atoms with E-state index < -0.39 is 87.3 Å². The van der Waals surface area contributed by atoms with E-state index in [0.717, 1.165) is 0 Å². The fraction of sp³-hybridized carbons (Fsp3) is 1.00. The molecule has 0 aromatic rings. The van der Waals surface area contributed by atoms with Gasteiger partial charge in [-0.1, -0.05) is 0 Å². The van der Waals surface area contributed by atoms with Crippen LogP contribution in [0.1, 0.15) is 12.8 Å². The third-order valence-electron chi connectivity index (χ3n) is 4.31. The molecular formula is C13H12F17NO3S. The Morgan fingerprint density at radius 3 is 1.20 bits per heavy atom. The Balaban J connectivity index is 6.80. The largest absolute Gasteiger partial charge is 0.460 e. The van der Waals surface area contributed by atoms with Crippen molar-refractivity contribution in [3.63, 3.8) is 0 Å². The number of halogens is 17. The minimum atomic E-state index is -8.85. The van der Waals surface area contributed by atoms with Crippen molar-refractivity contribution in [1.29, 1.82) is 0 Å². The van der Waals surface area contributed by atoms with Crippen molar-refractivity contribution >= 4 is 10.0 Å². The standard InChI is InChI=1S/C13H12F17NO3S/c1-31(4-2-3-5-32)35(33,34)13(29,30)11(24,25)9(20,21)7(16,17)6(14,15)8(18,19)10(22,23)12(26,27)28/h32H,2-5H2,1H3. The number of alkyl halides is 17. The van der Waals surface area contributed by atoms with Crippen molar-refractivity contribution in [2.75, 3.05) is 20.2 Å². The number of sulfonamides is 1. The van der Waals surface area contributed by atoms with Crippen molar-refractivity contribution in [1.82, 2.24) is 4.31 Å². The minimum absolute atomic E-state index is 0.0559. The summed E-state index contributed by atoms with van der Waals surface area (Å²) in [6, 6.07) is 0. The second kappa shape index (κ2) is 9.21. The van der Waals surface area contributed by atoms with E-state index in [0.29, 0.717) is 0 Å². The monoisotopic (exact) mass is 585 g/mol. The van der Waals surface area contributed by atoms with Crippen LogP contribution in [0.15, 0.2) is 0 Å². The maximum Gasteiger partial charge on any atom is 0.460 e. The number of hydrogen-bond acceptors (Lipinski definition) is 3. The van der Waals surface area contributed by atoms with Crippen molar-refractivity contribution < 1.29 is 88.2 Å². The van der Waals surface area contributed by atoms with Gasteiger partial charge in [0.2, 0.25) is 0 Å². The predicted molar refractivity (Wildman–Crippen MR) is 78.6 cm³/mol. The maximum atomic E-state index is 13.9. The van der Waals surface area contributed by atoms with Gasteiger partial charge in [0.25, 0.3) is 10.0 Å². The van der Waals surface area contributed by atoms with Gasteiger partial charge >= 0.3 is 47.0 Å². The van der Waals surface area contributed by atoms with Crippen LogP contribution in [0.2, 0.25) is 0 Å². The van der Waals surface area contributed by atoms with Crippen LogP contribution in [-0.2, 0) is 10.0 Å². The molecule has 0 unspecified atom stereocenters. The lowest BCUT2D eigenvalue weighted by molar-refractivity contribution is -0.458. The fourth-order valence-corrected chi connectivity index (χ4v) is 3.29. The van der Waals surface area contributed by atoms with Gasteiger partial charge in [-0.25, -0.2) is 8.42 Å². The molecular weight excluding hydrogens is 573 g/mol. The van der Waals surface area contributed by atoms with Crippen LogP contribution < -0.4 is 0 Å². The first-order valence-electron chi connectivity index (χ1n) is 8.26. The van der Waals surface area contributed by atoms with Crippen LogP contribution in [0.4, 0.5) is 74.6 Å². The molecule has 0 saturated carbocycles. The molecule has 0 aliphatic heterocycles. The highest BCUT2D eigenvalue weighted by Crippen LogP contribution is 2.64. The summed E-state index contributed by atoms with van der Waals surface area (Å²) >= 11 is 0. The van der Waals surface area contributed by atoms with Gasteiger partial charge in [-0.3, -0.25) is 0 Å². The third kappa shape index (κ3) is 4.61. The quantitative estimate of drug-likeness (QED) is 0.260. The van der Waals surface area contributed by atoms with Gasteiger partial charge in [0, 0.05) is 20.2 Å². The summed E-state index contributed by atoms with van der Waals surface area (Å²) in [6.07, 6.45) is -8.99. The Morgan fingerprint density at radius 2 is 0.886 bits per heavy atom. The Morgan fingerprint density at radius 1 is 0.571 bits per heavy atom. The van der Waals surface area contributed by atoms with Crippen LogP contribution in [0, 0.1) is 0 Å². The first kappa shape index (κ1) is 33.7. The summed E-state index contributed by atoms with van der Waals surface area (Å²) in [6.45, 7) is -2.08. The zero-order valence-electron chi connectivity index (χ0n) is 16.4. The average molecular weight is 585 g/mol. The minimum Gasteiger partial charge on any atom is -0.396 e. The molecule has 0 atom stereocenters. The van der Waals surface area contributed by atoms with Crippen LogP contribution in [0.5, 0.6) is 0 Å². The molecule has 0 aromatic heterocycles. The Kier molecular flexibility index (Phi) is 8.86. The Hall–Kier alpha value is -1.32. The zero-order valence-corrected chi connectivity index (χ0v) is 17.2. The number of aliphatic hydroxyl groups excluding tert-OH is 1. The second-order valence-electron chi connectivity index (χ2n) is 6.72. The molecule has 0 radical (unpaired) electrons. The molecule has 0 aliphatic carbocycles. The van der Waals surface area contributed by atoms with Gasteiger partial charge in [0.05, 0.1) is 0 Å². The molecule has 0 aromatic carbocycles. The van der Waals surface area contributed by atoms with E-state index in [2.05, 4.69) is 0 Å². The van der Waals surface area contributed by atoms with Gasteiger partial charge in [-0.15, -0.1) is 0 Å². The number of rotatable bonds is 12. The van der Waals surface area contributed by atoms with Crippen molar-refractivity contribution in [2.24, 2.45) is 0 Å². The van der Waals surface area contributed by atoms with E-state index in [4.69, 9.17) is 5.11 Å². The SMILES string of the molecule is CN(CCCCO)S(=O)(=O)C(F)(F)C(F)(F)C(F)(F)C(F)(F)C(F)(F)C(F)(F)C(F)(F)C(F)(F)F. The number of aliphatic hydroxyl groups is 1. The highest BCUT2D eigenvalue weighted by atomic mass is 32.2. The summed E-state index contributed by atoms with van der Waals surface area (Å²) in [7, 11) is -7.31. The Bertz CT molecular complexity index is 852. The zero-order chi connectivity index (χ0) is 28.9. The predicted octanol–water partition coefficient (Wildman–Crippen LogP) is 4.99. The molecule has 1 N–H and O–H groups in total. The smallest absolute Gasteiger partial charge is 0.396 e. The van der Waals surface area contributed by atoms with E-state index in [1.54, 1.807) is 0 Å². The molecule has 0 fully saturated rings. The van der Waals surface area contributed by atoms with Crippen LogP contribution in [0.25, 0.3) is 0 Å². The van der Waals surface area contributed by atoms with E-state index in [1.165, 1.54) is 0 Å². The average Bonchev–Trinajstić information content (AvgIpc) is 2.65. The number of unbranched alkanes of at least 4 members (excludes halogenated alkanes) is 1. The molecule has 0 heterocycles. The highest BCUT2D eigenvalue weighted by molar-refractivity contribution is 7.90. The molecule has 35 heavy (non-hydrogen) atoms. The van der Waals surface area contributed by atoms with Crippen LogP contribution >= 0.6 is 0 Å². The number of nitrogens with zero attached hydrogens (tertiary/aromatic N) is 1. The lowest BCUT2D eigenvalue weighted by atomic mass is 9.91. The third-order valence-corrected chi connectivity index (χ3v) is 6.22. The number of hydrogen-bond donors (Lipinski definition) is 1. The van der Waals surface area contributed by atoms with Gasteiger partial charge in [0.15, 0.2) is 0 Å². The van der Waals surface area contributed by atoms with E-state index in [1.807, 2.05) is 0 Å². The fourth-order valence-electron chi connectivity index (χ4n) is 2.07. The first-order valence-corrected chi connectivity index (χ1v) is 9.70. The summed E-state index contributed by atoms with van der Waals surface area (Å²) < 4.78 is 246. The molecule has 0 bridgehead atoms. The van der Waals surface area contributed by atoms with E-state index in [9.17, 15) is 83.1 Å². The summed E-state index contributed by atoms with van der Waals surface area (Å²) in [5, 5.41) is 0.885. The van der Waals surface area contributed by atoms with Crippen LogP contribution in [0.3, 0.4) is 0 Å². The molecule has 0 spiro atoms. The van der Waals surface area contributed by atoms with E-state index in [-0.39, 0.29) is 7.05 Å². The lowest BCUT2D eigenvalue weighted by Crippen LogP contribution is -2.75. The van der Waals surface area contributed by atoms with Crippen molar-refractivity contribution in [3.05, 3.63) is 0 Å². The lowest BCUT2D eigenvalue weighted by Gasteiger charge is -2.42. The molecule has 4 nitrogen and oxygen atoms in total. The van der Waals surface area contributed by atoms with Crippen molar-refractivity contribution in [3.8, 4) is 0 Å². The molecule has 0 amide bonds. The maximum absolute atomic E-state index is 13.9. The molecule has 22 heteroatoms. The van der Waals surface area contributed by atoms with Gasteiger partial charge < -0.3 is 5.11 Å². The summed E-state index contributed by atoms with van der Waals surface area (Å²) in [4.78, 5) is 0. The molecule has 0 aliphatic rings. The first-order chi connectivity index (χ1) is 15.0. The second-order valence-corrected chi connectivity index (χ2v) is 8.80. The summed E-state index contributed by atoms with van der Waals surface area (Å²) in [5.74, 6) is -51.7. The summed E-state index contributed by atoms with van der Waals surface area (Å²) in [5.41, 5.74) is 0. The Labute approximate surface area is 183 Å². The van der Waals surface area contributed by atoms with Crippen molar-refractivity contribution in [2.45, 2.75) is 59.8 Å². The molecule has 212 valence electrons. The van der Waals surface area contributed by atoms with Gasteiger partial charge in [0.1, 0.15) is 0 Å². The van der Waals surface area contributed by atoms with Gasteiger partial charge in [-0.05, 0) is 12.8 Å². The van der Waals surface area contributed by atoms with E-state index >= 15 is 0 Å². The topological polar surface area (TPSA) is 57.6 Å².